The number of hydrogen-bond acceptors (Lipinski definition) is 4. The molecule has 2 N–H and O–H groups in total. The maximum atomic E-state index is 8.61. The highest BCUT2D eigenvalue weighted by molar-refractivity contribution is 5.21. The first-order valence-electron chi connectivity index (χ1n) is 5.71. The van der Waals surface area contributed by atoms with Gasteiger partial charge in [-0.15, -0.1) is 0 Å². The molecule has 0 bridgehead atoms. The molecule has 0 aliphatic rings. The number of aliphatic hydroxyl groups is 1. The van der Waals surface area contributed by atoms with E-state index in [1.807, 2.05) is 12.1 Å². The second-order valence-corrected chi connectivity index (χ2v) is 3.67. The van der Waals surface area contributed by atoms with Gasteiger partial charge in [0.05, 0.1) is 18.5 Å². The molecule has 1 atom stereocenters. The van der Waals surface area contributed by atoms with Gasteiger partial charge in [0, 0.05) is 6.04 Å². The van der Waals surface area contributed by atoms with Crippen LogP contribution < -0.4 is 10.1 Å². The Balaban J connectivity index is 2.49. The molecular formula is C12H20N2O2. The molecule has 0 amide bonds. The molecule has 0 aliphatic carbocycles. The zero-order valence-corrected chi connectivity index (χ0v) is 9.94. The van der Waals surface area contributed by atoms with Crippen LogP contribution in [0.5, 0.6) is 5.75 Å². The topological polar surface area (TPSA) is 54.4 Å². The second kappa shape index (κ2) is 7.19. The molecule has 1 rings (SSSR count). The van der Waals surface area contributed by atoms with Gasteiger partial charge in [-0.2, -0.15) is 0 Å². The zero-order valence-electron chi connectivity index (χ0n) is 9.94. The standard InChI is InChI=1S/C12H20N2O2/c1-3-6-13-10(2)12-5-4-11(9-14-12)16-8-7-15/h4-5,9-10,13,15H,3,6-8H2,1-2H3. The smallest absolute Gasteiger partial charge is 0.137 e. The van der Waals surface area contributed by atoms with Crippen LogP contribution >= 0.6 is 0 Å². The first-order valence-corrected chi connectivity index (χ1v) is 5.71. The third-order valence-electron chi connectivity index (χ3n) is 2.26. The summed E-state index contributed by atoms with van der Waals surface area (Å²) < 4.78 is 5.24. The van der Waals surface area contributed by atoms with Gasteiger partial charge < -0.3 is 15.2 Å². The molecule has 0 saturated heterocycles. The van der Waals surface area contributed by atoms with Gasteiger partial charge in [0.1, 0.15) is 12.4 Å². The van der Waals surface area contributed by atoms with Gasteiger partial charge in [-0.1, -0.05) is 6.92 Å². The predicted octanol–water partition coefficient (Wildman–Crippen LogP) is 1.51. The van der Waals surface area contributed by atoms with E-state index in [1.54, 1.807) is 6.20 Å². The normalized spacial score (nSPS) is 12.4. The first-order chi connectivity index (χ1) is 7.77. The van der Waals surface area contributed by atoms with E-state index in [0.717, 1.165) is 18.7 Å². The SMILES string of the molecule is CCCNC(C)c1ccc(OCCO)cn1. The van der Waals surface area contributed by atoms with Crippen LogP contribution in [0.2, 0.25) is 0 Å². The molecule has 16 heavy (non-hydrogen) atoms. The summed E-state index contributed by atoms with van der Waals surface area (Å²) in [6.45, 7) is 5.55. The average Bonchev–Trinajstić information content (AvgIpc) is 2.34. The van der Waals surface area contributed by atoms with Crippen molar-refractivity contribution < 1.29 is 9.84 Å². The van der Waals surface area contributed by atoms with Gasteiger partial charge >= 0.3 is 0 Å². The number of rotatable bonds is 7. The molecule has 1 aromatic heterocycles. The van der Waals surface area contributed by atoms with Gasteiger partial charge in [-0.25, -0.2) is 0 Å². The Labute approximate surface area is 96.7 Å². The summed E-state index contributed by atoms with van der Waals surface area (Å²) in [6, 6.07) is 4.08. The van der Waals surface area contributed by atoms with E-state index in [2.05, 4.69) is 24.1 Å². The van der Waals surface area contributed by atoms with Gasteiger partial charge in [-0.05, 0) is 32.0 Å². The van der Waals surface area contributed by atoms with E-state index in [9.17, 15) is 0 Å². The summed E-state index contributed by atoms with van der Waals surface area (Å²) in [4.78, 5) is 4.32. The van der Waals surface area contributed by atoms with Crippen LogP contribution in [0.25, 0.3) is 0 Å². The minimum absolute atomic E-state index is 0.0240. The zero-order chi connectivity index (χ0) is 11.8. The molecule has 0 fully saturated rings. The molecule has 0 spiro atoms. The fraction of sp³-hybridized carbons (Fsp3) is 0.583. The fourth-order valence-corrected chi connectivity index (χ4v) is 1.36. The average molecular weight is 224 g/mol. The molecule has 0 aromatic carbocycles. The number of pyridine rings is 1. The Bertz CT molecular complexity index is 288. The van der Waals surface area contributed by atoms with Crippen molar-refractivity contribution >= 4 is 0 Å². The molecule has 4 nitrogen and oxygen atoms in total. The van der Waals surface area contributed by atoms with Crippen molar-refractivity contribution in [2.24, 2.45) is 0 Å². The molecule has 1 unspecified atom stereocenters. The Kier molecular flexibility index (Phi) is 5.82. The fourth-order valence-electron chi connectivity index (χ4n) is 1.36. The van der Waals surface area contributed by atoms with Gasteiger partial charge in [0.25, 0.3) is 0 Å². The Morgan fingerprint density at radius 2 is 2.31 bits per heavy atom. The summed E-state index contributed by atoms with van der Waals surface area (Å²) in [6.07, 6.45) is 2.80. The second-order valence-electron chi connectivity index (χ2n) is 3.67. The lowest BCUT2D eigenvalue weighted by molar-refractivity contribution is 0.201. The molecule has 0 aliphatic heterocycles. The maximum absolute atomic E-state index is 8.61. The highest BCUT2D eigenvalue weighted by atomic mass is 16.5. The minimum Gasteiger partial charge on any atom is -0.490 e. The number of ether oxygens (including phenoxy) is 1. The Morgan fingerprint density at radius 3 is 2.88 bits per heavy atom. The molecule has 0 saturated carbocycles. The molecular weight excluding hydrogens is 204 g/mol. The molecule has 1 aromatic rings. The number of hydrogen-bond donors (Lipinski definition) is 2. The van der Waals surface area contributed by atoms with E-state index in [4.69, 9.17) is 9.84 Å². The largest absolute Gasteiger partial charge is 0.490 e. The molecule has 90 valence electrons. The van der Waals surface area contributed by atoms with Gasteiger partial charge in [0.2, 0.25) is 0 Å². The molecule has 1 heterocycles. The van der Waals surface area contributed by atoms with Gasteiger partial charge in [0.15, 0.2) is 0 Å². The van der Waals surface area contributed by atoms with Crippen LogP contribution in [-0.2, 0) is 0 Å². The predicted molar refractivity (Wildman–Crippen MR) is 63.5 cm³/mol. The van der Waals surface area contributed by atoms with Crippen molar-refractivity contribution in [3.8, 4) is 5.75 Å². The number of aromatic nitrogens is 1. The number of nitrogens with one attached hydrogen (secondary N) is 1. The lowest BCUT2D eigenvalue weighted by Gasteiger charge is -2.13. The van der Waals surface area contributed by atoms with E-state index in [1.165, 1.54) is 0 Å². The van der Waals surface area contributed by atoms with Gasteiger partial charge in [-0.3, -0.25) is 4.98 Å². The van der Waals surface area contributed by atoms with Crippen molar-refractivity contribution in [1.82, 2.24) is 10.3 Å². The highest BCUT2D eigenvalue weighted by Crippen LogP contribution is 2.14. The Morgan fingerprint density at radius 1 is 1.50 bits per heavy atom. The van der Waals surface area contributed by atoms with Crippen LogP contribution in [0.15, 0.2) is 18.3 Å². The van der Waals surface area contributed by atoms with Crippen LogP contribution in [0.3, 0.4) is 0 Å². The van der Waals surface area contributed by atoms with E-state index in [0.29, 0.717) is 12.4 Å². The van der Waals surface area contributed by atoms with E-state index in [-0.39, 0.29) is 12.6 Å². The lowest BCUT2D eigenvalue weighted by Crippen LogP contribution is -2.20. The quantitative estimate of drug-likeness (QED) is 0.737. The first kappa shape index (κ1) is 12.9. The van der Waals surface area contributed by atoms with Crippen LogP contribution in [-0.4, -0.2) is 29.8 Å². The maximum Gasteiger partial charge on any atom is 0.137 e. The van der Waals surface area contributed by atoms with Crippen molar-refractivity contribution in [2.75, 3.05) is 19.8 Å². The lowest BCUT2D eigenvalue weighted by atomic mass is 10.2. The van der Waals surface area contributed by atoms with Crippen molar-refractivity contribution in [3.63, 3.8) is 0 Å². The van der Waals surface area contributed by atoms with E-state index < -0.39 is 0 Å². The van der Waals surface area contributed by atoms with Crippen LogP contribution in [0.1, 0.15) is 32.0 Å². The number of aliphatic hydroxyl groups excluding tert-OH is 1. The molecule has 4 heteroatoms. The number of nitrogens with zero attached hydrogens (tertiary/aromatic N) is 1. The third-order valence-corrected chi connectivity index (χ3v) is 2.26. The van der Waals surface area contributed by atoms with Crippen molar-refractivity contribution in [3.05, 3.63) is 24.0 Å². The summed E-state index contributed by atoms with van der Waals surface area (Å²) >= 11 is 0. The highest BCUT2D eigenvalue weighted by Gasteiger charge is 2.05. The summed E-state index contributed by atoms with van der Waals surface area (Å²) in [7, 11) is 0. The van der Waals surface area contributed by atoms with Crippen molar-refractivity contribution in [2.45, 2.75) is 26.3 Å². The summed E-state index contributed by atoms with van der Waals surface area (Å²) in [5.41, 5.74) is 1.00. The third kappa shape index (κ3) is 4.16. The monoisotopic (exact) mass is 224 g/mol. The van der Waals surface area contributed by atoms with Crippen molar-refractivity contribution in [1.29, 1.82) is 0 Å². The van der Waals surface area contributed by atoms with Crippen LogP contribution in [0, 0.1) is 0 Å². The van der Waals surface area contributed by atoms with E-state index >= 15 is 0 Å². The summed E-state index contributed by atoms with van der Waals surface area (Å²) in [5.74, 6) is 0.695. The summed E-state index contributed by atoms with van der Waals surface area (Å²) in [5, 5.41) is 12.0. The minimum atomic E-state index is 0.0240. The van der Waals surface area contributed by atoms with Crippen LogP contribution in [0.4, 0.5) is 0 Å². The Hall–Kier alpha value is -1.13. The molecule has 0 radical (unpaired) electrons.